The van der Waals surface area contributed by atoms with Crippen molar-refractivity contribution in [2.75, 3.05) is 14.2 Å². The fourth-order valence-corrected chi connectivity index (χ4v) is 5.62. The summed E-state index contributed by atoms with van der Waals surface area (Å²) in [6.07, 6.45) is -1.19. The molecule has 1 fully saturated rings. The standard InChI is InChI=1S/C22H25NO6S/c1-15-9-11-17(12-10-15)30(26,27)20-18(22(28-2)29-3)13-19(24)23(21(20)25)14-16-7-5-4-6-8-16/h4-12,18,20,22H,13-14H2,1-3H3. The summed E-state index contributed by atoms with van der Waals surface area (Å²) in [4.78, 5) is 27.2. The minimum Gasteiger partial charge on any atom is -0.356 e. The molecule has 30 heavy (non-hydrogen) atoms. The summed E-state index contributed by atoms with van der Waals surface area (Å²) in [6.45, 7) is 1.85. The molecule has 3 rings (SSSR count). The van der Waals surface area contributed by atoms with E-state index >= 15 is 0 Å². The molecule has 0 aliphatic carbocycles. The molecule has 0 bridgehead atoms. The van der Waals surface area contributed by atoms with Gasteiger partial charge in [0.2, 0.25) is 11.8 Å². The van der Waals surface area contributed by atoms with E-state index in [9.17, 15) is 18.0 Å². The molecule has 2 aromatic carbocycles. The summed E-state index contributed by atoms with van der Waals surface area (Å²) in [5, 5.41) is -1.49. The molecule has 0 aromatic heterocycles. The van der Waals surface area contributed by atoms with E-state index in [0.29, 0.717) is 0 Å². The number of hydrogen-bond acceptors (Lipinski definition) is 6. The smallest absolute Gasteiger partial charge is 0.248 e. The summed E-state index contributed by atoms with van der Waals surface area (Å²) in [5.41, 5.74) is 1.63. The molecule has 160 valence electrons. The highest BCUT2D eigenvalue weighted by atomic mass is 32.2. The molecule has 0 spiro atoms. The highest BCUT2D eigenvalue weighted by Crippen LogP contribution is 2.34. The van der Waals surface area contributed by atoms with Crippen molar-refractivity contribution in [2.24, 2.45) is 5.92 Å². The first kappa shape index (κ1) is 22.1. The monoisotopic (exact) mass is 431 g/mol. The Morgan fingerprint density at radius 1 is 1.00 bits per heavy atom. The van der Waals surface area contributed by atoms with E-state index in [1.807, 2.05) is 13.0 Å². The third kappa shape index (κ3) is 4.30. The predicted molar refractivity (Wildman–Crippen MR) is 110 cm³/mol. The molecule has 1 heterocycles. The van der Waals surface area contributed by atoms with Gasteiger partial charge in [-0.2, -0.15) is 0 Å². The Labute approximate surface area is 176 Å². The lowest BCUT2D eigenvalue weighted by atomic mass is 9.93. The highest BCUT2D eigenvalue weighted by molar-refractivity contribution is 7.92. The zero-order chi connectivity index (χ0) is 21.9. The van der Waals surface area contributed by atoms with Gasteiger partial charge in [0.25, 0.3) is 0 Å². The first-order valence-corrected chi connectivity index (χ1v) is 11.1. The van der Waals surface area contributed by atoms with Crippen molar-refractivity contribution in [3.05, 3.63) is 65.7 Å². The van der Waals surface area contributed by atoms with Gasteiger partial charge in [-0.25, -0.2) is 8.42 Å². The molecule has 2 aromatic rings. The predicted octanol–water partition coefficient (Wildman–Crippen LogP) is 2.33. The van der Waals surface area contributed by atoms with Crippen molar-refractivity contribution in [3.63, 3.8) is 0 Å². The number of carbonyl (C=O) groups is 2. The number of imide groups is 1. The second-order valence-corrected chi connectivity index (χ2v) is 9.36. The van der Waals surface area contributed by atoms with Crippen LogP contribution in [0.4, 0.5) is 0 Å². The van der Waals surface area contributed by atoms with Gasteiger partial charge >= 0.3 is 0 Å². The van der Waals surface area contributed by atoms with E-state index in [-0.39, 0.29) is 17.9 Å². The second kappa shape index (κ2) is 9.07. The van der Waals surface area contributed by atoms with E-state index in [2.05, 4.69) is 0 Å². The van der Waals surface area contributed by atoms with Gasteiger partial charge in [0, 0.05) is 26.6 Å². The quantitative estimate of drug-likeness (QED) is 0.494. The molecule has 0 saturated carbocycles. The third-order valence-electron chi connectivity index (χ3n) is 5.29. The summed E-state index contributed by atoms with van der Waals surface area (Å²) < 4.78 is 37.5. The molecule has 1 saturated heterocycles. The minimum absolute atomic E-state index is 0.00970. The van der Waals surface area contributed by atoms with Gasteiger partial charge in [-0.05, 0) is 24.6 Å². The summed E-state index contributed by atoms with van der Waals surface area (Å²) in [7, 11) is -1.38. The van der Waals surface area contributed by atoms with Crippen LogP contribution < -0.4 is 0 Å². The molecule has 0 N–H and O–H groups in total. The molecule has 2 unspecified atom stereocenters. The van der Waals surface area contributed by atoms with Crippen LogP contribution in [0.1, 0.15) is 17.5 Å². The number of sulfone groups is 1. The average molecular weight is 432 g/mol. The van der Waals surface area contributed by atoms with Gasteiger partial charge in [0.1, 0.15) is 0 Å². The largest absolute Gasteiger partial charge is 0.356 e. The first-order chi connectivity index (χ1) is 14.3. The van der Waals surface area contributed by atoms with Crippen LogP contribution in [0.25, 0.3) is 0 Å². The zero-order valence-corrected chi connectivity index (χ0v) is 18.0. The third-order valence-corrected chi connectivity index (χ3v) is 7.44. The zero-order valence-electron chi connectivity index (χ0n) is 17.1. The number of rotatable bonds is 7. The molecule has 0 radical (unpaired) electrons. The molecular formula is C22H25NO6S. The number of piperidine rings is 1. The maximum Gasteiger partial charge on any atom is 0.248 e. The van der Waals surface area contributed by atoms with Crippen LogP contribution in [0.3, 0.4) is 0 Å². The number of likely N-dealkylation sites (tertiary alicyclic amines) is 1. The summed E-state index contributed by atoms with van der Waals surface area (Å²) in [6, 6.07) is 15.3. The lowest BCUT2D eigenvalue weighted by Crippen LogP contribution is -2.57. The number of carbonyl (C=O) groups excluding carboxylic acids is 2. The maximum atomic E-state index is 13.5. The van der Waals surface area contributed by atoms with Crippen molar-refractivity contribution < 1.29 is 27.5 Å². The Kier molecular flexibility index (Phi) is 6.70. The van der Waals surface area contributed by atoms with Crippen molar-refractivity contribution >= 4 is 21.7 Å². The SMILES string of the molecule is COC(OC)C1CC(=O)N(Cc2ccccc2)C(=O)C1S(=O)(=O)c1ccc(C)cc1. The van der Waals surface area contributed by atoms with E-state index in [4.69, 9.17) is 9.47 Å². The van der Waals surface area contributed by atoms with E-state index in [1.54, 1.807) is 36.4 Å². The van der Waals surface area contributed by atoms with Gasteiger partial charge in [-0.1, -0.05) is 48.0 Å². The van der Waals surface area contributed by atoms with E-state index in [1.165, 1.54) is 26.4 Å². The second-order valence-electron chi connectivity index (χ2n) is 7.29. The number of nitrogens with zero attached hydrogens (tertiary/aromatic N) is 1. The molecule has 2 atom stereocenters. The van der Waals surface area contributed by atoms with Crippen molar-refractivity contribution in [1.29, 1.82) is 0 Å². The minimum atomic E-state index is -4.09. The number of methoxy groups -OCH3 is 2. The highest BCUT2D eigenvalue weighted by Gasteiger charge is 2.52. The number of ether oxygens (including phenoxy) is 2. The number of benzene rings is 2. The van der Waals surface area contributed by atoms with Crippen LogP contribution in [0.2, 0.25) is 0 Å². The van der Waals surface area contributed by atoms with Crippen LogP contribution in [-0.4, -0.2) is 50.9 Å². The molecule has 7 nitrogen and oxygen atoms in total. The number of aryl methyl sites for hydroxylation is 1. The van der Waals surface area contributed by atoms with Crippen molar-refractivity contribution in [1.82, 2.24) is 4.90 Å². The van der Waals surface area contributed by atoms with Gasteiger partial charge in [-0.15, -0.1) is 0 Å². The fourth-order valence-electron chi connectivity index (χ4n) is 3.73. The summed E-state index contributed by atoms with van der Waals surface area (Å²) >= 11 is 0. The molecular weight excluding hydrogens is 406 g/mol. The summed E-state index contributed by atoms with van der Waals surface area (Å²) in [5.74, 6) is -2.18. The van der Waals surface area contributed by atoms with Crippen LogP contribution in [0.5, 0.6) is 0 Å². The van der Waals surface area contributed by atoms with Gasteiger partial charge < -0.3 is 9.47 Å². The normalized spacial score (nSPS) is 20.1. The Hall–Kier alpha value is -2.55. The van der Waals surface area contributed by atoms with E-state index < -0.39 is 39.1 Å². The number of amides is 2. The lowest BCUT2D eigenvalue weighted by molar-refractivity contribution is -0.169. The average Bonchev–Trinajstić information content (AvgIpc) is 2.73. The first-order valence-electron chi connectivity index (χ1n) is 9.54. The Balaban J connectivity index is 2.04. The Morgan fingerprint density at radius 3 is 2.17 bits per heavy atom. The van der Waals surface area contributed by atoms with Gasteiger partial charge in [0.15, 0.2) is 21.4 Å². The van der Waals surface area contributed by atoms with Gasteiger partial charge in [0.05, 0.1) is 11.4 Å². The van der Waals surface area contributed by atoms with Crippen molar-refractivity contribution in [2.45, 2.75) is 36.3 Å². The molecule has 2 amide bonds. The Morgan fingerprint density at radius 2 is 1.60 bits per heavy atom. The maximum absolute atomic E-state index is 13.5. The topological polar surface area (TPSA) is 90.0 Å². The van der Waals surface area contributed by atoms with Crippen LogP contribution in [0, 0.1) is 12.8 Å². The van der Waals surface area contributed by atoms with Crippen LogP contribution in [-0.2, 0) is 35.4 Å². The lowest BCUT2D eigenvalue weighted by Gasteiger charge is -2.38. The molecule has 8 heteroatoms. The molecule has 1 aliphatic rings. The Bertz CT molecular complexity index is 1000. The van der Waals surface area contributed by atoms with Gasteiger partial charge in [-0.3, -0.25) is 14.5 Å². The molecule has 1 aliphatic heterocycles. The van der Waals surface area contributed by atoms with Crippen molar-refractivity contribution in [3.8, 4) is 0 Å². The number of hydrogen-bond donors (Lipinski definition) is 0. The fraction of sp³-hybridized carbons (Fsp3) is 0.364. The van der Waals surface area contributed by atoms with Crippen LogP contribution >= 0.6 is 0 Å². The van der Waals surface area contributed by atoms with E-state index in [0.717, 1.165) is 16.0 Å². The van der Waals surface area contributed by atoms with Crippen LogP contribution in [0.15, 0.2) is 59.5 Å².